The van der Waals surface area contributed by atoms with Crippen LogP contribution in [0.3, 0.4) is 0 Å². The van der Waals surface area contributed by atoms with E-state index in [0.717, 1.165) is 24.3 Å². The van der Waals surface area contributed by atoms with Crippen LogP contribution in [0.4, 0.5) is 0 Å². The fourth-order valence-corrected chi connectivity index (χ4v) is 2.27. The van der Waals surface area contributed by atoms with Crippen molar-refractivity contribution in [3.05, 3.63) is 29.8 Å². The third-order valence-corrected chi connectivity index (χ3v) is 3.39. The molecule has 0 fully saturated rings. The molecular weight excluding hydrogens is 274 g/mol. The zero-order valence-corrected chi connectivity index (χ0v) is 14.8. The van der Waals surface area contributed by atoms with E-state index >= 15 is 0 Å². The number of Topliss-reactive ketones (excluding diaryl/α,β-unsaturated/α-hetero) is 1. The number of hydrogen-bond acceptors (Lipinski definition) is 3. The van der Waals surface area contributed by atoms with Crippen molar-refractivity contribution in [2.45, 2.75) is 60.0 Å². The van der Waals surface area contributed by atoms with Crippen molar-refractivity contribution >= 4 is 5.78 Å². The van der Waals surface area contributed by atoms with Crippen LogP contribution in [0.5, 0.6) is 5.75 Å². The van der Waals surface area contributed by atoms with E-state index in [1.807, 2.05) is 26.0 Å². The van der Waals surface area contributed by atoms with Crippen molar-refractivity contribution in [3.8, 4) is 5.75 Å². The van der Waals surface area contributed by atoms with Gasteiger partial charge in [0, 0.05) is 12.0 Å². The van der Waals surface area contributed by atoms with Gasteiger partial charge in [-0.15, -0.1) is 0 Å². The van der Waals surface area contributed by atoms with E-state index in [1.165, 1.54) is 0 Å². The summed E-state index contributed by atoms with van der Waals surface area (Å²) in [6, 6.07) is 8.26. The first-order valence-electron chi connectivity index (χ1n) is 8.31. The van der Waals surface area contributed by atoms with E-state index in [-0.39, 0.29) is 17.7 Å². The molecule has 22 heavy (non-hydrogen) atoms. The second kappa shape index (κ2) is 8.94. The van der Waals surface area contributed by atoms with Crippen molar-refractivity contribution in [3.63, 3.8) is 0 Å². The van der Waals surface area contributed by atoms with Crippen molar-refractivity contribution in [2.24, 2.45) is 11.8 Å². The number of benzene rings is 1. The lowest BCUT2D eigenvalue weighted by atomic mass is 9.95. The Kier molecular flexibility index (Phi) is 7.60. The van der Waals surface area contributed by atoms with Crippen molar-refractivity contribution < 1.29 is 9.53 Å². The normalized spacial score (nSPS) is 13.0. The van der Waals surface area contributed by atoms with Crippen molar-refractivity contribution in [1.29, 1.82) is 0 Å². The maximum atomic E-state index is 12.3. The lowest BCUT2D eigenvalue weighted by Gasteiger charge is -2.22. The van der Waals surface area contributed by atoms with Gasteiger partial charge in [0.2, 0.25) is 0 Å². The molecule has 0 aliphatic carbocycles. The maximum absolute atomic E-state index is 12.3. The van der Waals surface area contributed by atoms with Gasteiger partial charge in [0.15, 0.2) is 5.78 Å². The Hall–Kier alpha value is -1.35. The fourth-order valence-electron chi connectivity index (χ4n) is 2.27. The number of nitrogens with one attached hydrogen (secondary N) is 1. The van der Waals surface area contributed by atoms with Crippen LogP contribution in [0, 0.1) is 11.8 Å². The van der Waals surface area contributed by atoms with Crippen LogP contribution in [-0.4, -0.2) is 24.5 Å². The van der Waals surface area contributed by atoms with Gasteiger partial charge in [0.1, 0.15) is 5.75 Å². The topological polar surface area (TPSA) is 38.3 Å². The van der Waals surface area contributed by atoms with E-state index in [4.69, 9.17) is 4.74 Å². The van der Waals surface area contributed by atoms with Gasteiger partial charge in [-0.1, -0.05) is 53.7 Å². The number of ketones is 1. The molecule has 0 aliphatic rings. The molecule has 3 nitrogen and oxygen atoms in total. The summed E-state index contributed by atoms with van der Waals surface area (Å²) in [4.78, 5) is 12.3. The third-order valence-electron chi connectivity index (χ3n) is 3.39. The van der Waals surface area contributed by atoms with Crippen LogP contribution in [-0.2, 0) is 11.2 Å². The Morgan fingerprint density at radius 3 is 2.09 bits per heavy atom. The summed E-state index contributed by atoms with van der Waals surface area (Å²) in [5, 5.41) is 3.38. The number of rotatable bonds is 9. The minimum atomic E-state index is -0.123. The molecule has 0 spiro atoms. The highest BCUT2D eigenvalue weighted by Gasteiger charge is 2.22. The highest BCUT2D eigenvalue weighted by atomic mass is 16.5. The average molecular weight is 305 g/mol. The minimum absolute atomic E-state index is 0.0462. The molecule has 1 rings (SSSR count). The standard InChI is InChI=1S/C19H31NO2/c1-13(2)12-22-17-9-7-16(8-10-17)11-18(20-15(5)6)19(21)14(3)4/h7-10,13-15,18,20H,11-12H2,1-6H3/t18-/m1/s1. The van der Waals surface area contributed by atoms with Crippen LogP contribution in [0.1, 0.15) is 47.1 Å². The number of carbonyl (C=O) groups is 1. The van der Waals surface area contributed by atoms with Crippen LogP contribution >= 0.6 is 0 Å². The molecule has 0 aromatic heterocycles. The molecule has 1 atom stereocenters. The molecule has 0 saturated carbocycles. The Bertz CT molecular complexity index is 449. The number of carbonyl (C=O) groups excluding carboxylic acids is 1. The molecule has 0 amide bonds. The molecule has 1 N–H and O–H groups in total. The molecule has 0 unspecified atom stereocenters. The molecule has 0 bridgehead atoms. The van der Waals surface area contributed by atoms with E-state index in [1.54, 1.807) is 0 Å². The fraction of sp³-hybridized carbons (Fsp3) is 0.632. The first kappa shape index (κ1) is 18.7. The van der Waals surface area contributed by atoms with Gasteiger partial charge in [0.05, 0.1) is 12.6 Å². The first-order valence-corrected chi connectivity index (χ1v) is 8.31. The van der Waals surface area contributed by atoms with E-state index in [2.05, 4.69) is 45.1 Å². The Balaban J connectivity index is 2.70. The molecule has 124 valence electrons. The minimum Gasteiger partial charge on any atom is -0.493 e. The molecular formula is C19H31NO2. The molecule has 3 heteroatoms. The smallest absolute Gasteiger partial charge is 0.152 e. The average Bonchev–Trinajstić information content (AvgIpc) is 2.44. The second-order valence-electron chi connectivity index (χ2n) is 6.98. The van der Waals surface area contributed by atoms with Crippen LogP contribution in [0.15, 0.2) is 24.3 Å². The van der Waals surface area contributed by atoms with Gasteiger partial charge in [-0.3, -0.25) is 4.79 Å². The van der Waals surface area contributed by atoms with E-state index in [9.17, 15) is 4.79 Å². The SMILES string of the molecule is CC(C)COc1ccc(C[C@@H](NC(C)C)C(=O)C(C)C)cc1. The van der Waals surface area contributed by atoms with Crippen molar-refractivity contribution in [1.82, 2.24) is 5.32 Å². The zero-order valence-electron chi connectivity index (χ0n) is 14.8. The van der Waals surface area contributed by atoms with E-state index < -0.39 is 0 Å². The van der Waals surface area contributed by atoms with Gasteiger partial charge < -0.3 is 10.1 Å². The zero-order chi connectivity index (χ0) is 16.7. The van der Waals surface area contributed by atoms with Gasteiger partial charge in [0.25, 0.3) is 0 Å². The Morgan fingerprint density at radius 2 is 1.64 bits per heavy atom. The summed E-state index contributed by atoms with van der Waals surface area (Å²) in [7, 11) is 0. The summed E-state index contributed by atoms with van der Waals surface area (Å²) in [6.45, 7) is 13.1. The molecule has 1 aromatic carbocycles. The largest absolute Gasteiger partial charge is 0.493 e. The van der Waals surface area contributed by atoms with Gasteiger partial charge >= 0.3 is 0 Å². The van der Waals surface area contributed by atoms with Crippen molar-refractivity contribution in [2.75, 3.05) is 6.61 Å². The molecule has 0 heterocycles. The summed E-state index contributed by atoms with van der Waals surface area (Å²) >= 11 is 0. The Morgan fingerprint density at radius 1 is 1.05 bits per heavy atom. The lowest BCUT2D eigenvalue weighted by Crippen LogP contribution is -2.44. The predicted octanol–water partition coefficient (Wildman–Crippen LogP) is 3.86. The Labute approximate surface area is 135 Å². The summed E-state index contributed by atoms with van der Waals surface area (Å²) in [6.07, 6.45) is 0.722. The summed E-state index contributed by atoms with van der Waals surface area (Å²) < 4.78 is 5.70. The quantitative estimate of drug-likeness (QED) is 0.753. The number of ether oxygens (including phenoxy) is 1. The second-order valence-corrected chi connectivity index (χ2v) is 6.98. The highest BCUT2D eigenvalue weighted by Crippen LogP contribution is 2.16. The highest BCUT2D eigenvalue weighted by molar-refractivity contribution is 5.86. The van der Waals surface area contributed by atoms with Gasteiger partial charge in [-0.2, -0.15) is 0 Å². The molecule has 0 saturated heterocycles. The van der Waals surface area contributed by atoms with Crippen LogP contribution in [0.25, 0.3) is 0 Å². The first-order chi connectivity index (χ1) is 10.3. The van der Waals surface area contributed by atoms with Gasteiger partial charge in [-0.05, 0) is 30.0 Å². The lowest BCUT2D eigenvalue weighted by molar-refractivity contribution is -0.124. The summed E-state index contributed by atoms with van der Waals surface area (Å²) in [5.74, 6) is 1.72. The number of hydrogen-bond donors (Lipinski definition) is 1. The maximum Gasteiger partial charge on any atom is 0.152 e. The molecule has 1 aromatic rings. The van der Waals surface area contributed by atoms with E-state index in [0.29, 0.717) is 12.0 Å². The summed E-state index contributed by atoms with van der Waals surface area (Å²) in [5.41, 5.74) is 1.16. The third kappa shape index (κ3) is 6.61. The monoisotopic (exact) mass is 305 g/mol. The molecule has 0 radical (unpaired) electrons. The predicted molar refractivity (Wildman–Crippen MR) is 92.4 cm³/mol. The van der Waals surface area contributed by atoms with Crippen LogP contribution < -0.4 is 10.1 Å². The van der Waals surface area contributed by atoms with Crippen LogP contribution in [0.2, 0.25) is 0 Å². The van der Waals surface area contributed by atoms with Gasteiger partial charge in [-0.25, -0.2) is 0 Å². The molecule has 0 aliphatic heterocycles.